The van der Waals surface area contributed by atoms with E-state index in [0.717, 1.165) is 24.2 Å². The summed E-state index contributed by atoms with van der Waals surface area (Å²) in [4.78, 5) is 12.3. The molecule has 4 rings (SSSR count). The van der Waals surface area contributed by atoms with E-state index in [1.54, 1.807) is 4.68 Å². The van der Waals surface area contributed by atoms with Crippen molar-refractivity contribution in [2.45, 2.75) is 50.2 Å². The summed E-state index contributed by atoms with van der Waals surface area (Å²) in [5.74, 6) is 0.337. The molecule has 25 heavy (non-hydrogen) atoms. The molecular weight excluding hydrogens is 338 g/mol. The van der Waals surface area contributed by atoms with E-state index in [1.165, 1.54) is 12.8 Å². The number of halogens is 1. The third-order valence-electron chi connectivity index (χ3n) is 5.31. The van der Waals surface area contributed by atoms with Crippen molar-refractivity contribution in [2.24, 2.45) is 0 Å². The number of carbonyl (C=O) groups excluding carboxylic acids is 1. The Hall–Kier alpha value is -1.92. The van der Waals surface area contributed by atoms with Crippen LogP contribution in [0.15, 0.2) is 30.5 Å². The number of hydrogen-bond acceptors (Lipinski definition) is 4. The van der Waals surface area contributed by atoms with Crippen LogP contribution in [0, 0.1) is 0 Å². The Balaban J connectivity index is 1.37. The van der Waals surface area contributed by atoms with Gasteiger partial charge in [0.25, 0.3) is 0 Å². The lowest BCUT2D eigenvalue weighted by Crippen LogP contribution is -2.30. The fourth-order valence-corrected chi connectivity index (χ4v) is 4.00. The standard InChI is InChI=1S/C18H22ClN5O/c1-12(13-3-2-4-14(19)9-13)21-17(25)11-24-10-16(22-23-24)15-5-8-20-18(15)6-7-18/h2-4,9-10,12,15,20H,5-8,11H2,1H3,(H,21,25). The summed E-state index contributed by atoms with van der Waals surface area (Å²) in [6.45, 7) is 3.15. The van der Waals surface area contributed by atoms with Crippen LogP contribution in [0.4, 0.5) is 0 Å². The maximum Gasteiger partial charge on any atom is 0.242 e. The number of hydrogen-bond donors (Lipinski definition) is 2. The van der Waals surface area contributed by atoms with Gasteiger partial charge in [-0.2, -0.15) is 0 Å². The largest absolute Gasteiger partial charge is 0.348 e. The molecule has 1 saturated heterocycles. The number of benzene rings is 1. The fraction of sp³-hybridized carbons (Fsp3) is 0.500. The van der Waals surface area contributed by atoms with Crippen molar-refractivity contribution >= 4 is 17.5 Å². The first-order chi connectivity index (χ1) is 12.1. The summed E-state index contributed by atoms with van der Waals surface area (Å²) in [7, 11) is 0. The summed E-state index contributed by atoms with van der Waals surface area (Å²) in [6, 6.07) is 7.41. The molecular formula is C18H22ClN5O. The molecule has 1 aliphatic heterocycles. The van der Waals surface area contributed by atoms with Crippen LogP contribution in [0.2, 0.25) is 5.02 Å². The van der Waals surface area contributed by atoms with Gasteiger partial charge in [-0.25, -0.2) is 4.68 Å². The Labute approximate surface area is 151 Å². The molecule has 7 heteroatoms. The highest BCUT2D eigenvalue weighted by atomic mass is 35.5. The van der Waals surface area contributed by atoms with Gasteiger partial charge in [-0.05, 0) is 50.4 Å². The average molecular weight is 360 g/mol. The van der Waals surface area contributed by atoms with Crippen LogP contribution in [0.5, 0.6) is 0 Å². The highest BCUT2D eigenvalue weighted by Crippen LogP contribution is 2.51. The molecule has 1 spiro atoms. The van der Waals surface area contributed by atoms with Gasteiger partial charge < -0.3 is 10.6 Å². The summed E-state index contributed by atoms with van der Waals surface area (Å²) >= 11 is 6.01. The van der Waals surface area contributed by atoms with Crippen molar-refractivity contribution in [1.82, 2.24) is 25.6 Å². The lowest BCUT2D eigenvalue weighted by molar-refractivity contribution is -0.122. The number of nitrogens with one attached hydrogen (secondary N) is 2. The van der Waals surface area contributed by atoms with Crippen LogP contribution >= 0.6 is 11.6 Å². The molecule has 2 aliphatic rings. The van der Waals surface area contributed by atoms with E-state index >= 15 is 0 Å². The third kappa shape index (κ3) is 3.41. The van der Waals surface area contributed by atoms with Crippen LogP contribution < -0.4 is 10.6 Å². The van der Waals surface area contributed by atoms with Crippen LogP contribution in [0.25, 0.3) is 0 Å². The molecule has 0 bridgehead atoms. The molecule has 0 radical (unpaired) electrons. The van der Waals surface area contributed by atoms with E-state index in [0.29, 0.717) is 10.9 Å². The van der Waals surface area contributed by atoms with Gasteiger partial charge in [-0.3, -0.25) is 4.79 Å². The molecule has 2 fully saturated rings. The second-order valence-corrected chi connectivity index (χ2v) is 7.55. The lowest BCUT2D eigenvalue weighted by atomic mass is 9.95. The fourth-order valence-electron chi connectivity index (χ4n) is 3.80. The molecule has 2 heterocycles. The van der Waals surface area contributed by atoms with Crippen molar-refractivity contribution in [2.75, 3.05) is 6.54 Å². The van der Waals surface area contributed by atoms with Gasteiger partial charge in [-0.1, -0.05) is 28.9 Å². The monoisotopic (exact) mass is 359 g/mol. The Kier molecular flexibility index (Phi) is 4.25. The summed E-state index contributed by atoms with van der Waals surface area (Å²) in [5, 5.41) is 15.7. The second-order valence-electron chi connectivity index (χ2n) is 7.11. The highest BCUT2D eigenvalue weighted by Gasteiger charge is 2.53. The molecule has 2 aromatic rings. The highest BCUT2D eigenvalue weighted by molar-refractivity contribution is 6.30. The zero-order valence-electron chi connectivity index (χ0n) is 14.2. The Morgan fingerprint density at radius 2 is 2.36 bits per heavy atom. The molecule has 1 aliphatic carbocycles. The van der Waals surface area contributed by atoms with Gasteiger partial charge in [0.2, 0.25) is 5.91 Å². The first-order valence-corrected chi connectivity index (χ1v) is 9.13. The first kappa shape index (κ1) is 16.5. The van der Waals surface area contributed by atoms with Crippen LogP contribution in [-0.4, -0.2) is 33.0 Å². The predicted molar refractivity (Wildman–Crippen MR) is 95.4 cm³/mol. The molecule has 2 N–H and O–H groups in total. The smallest absolute Gasteiger partial charge is 0.242 e. The lowest BCUT2D eigenvalue weighted by Gasteiger charge is -2.15. The maximum atomic E-state index is 12.3. The SMILES string of the molecule is CC(NC(=O)Cn1cc(C2CCNC23CC3)nn1)c1cccc(Cl)c1. The number of rotatable bonds is 5. The summed E-state index contributed by atoms with van der Waals surface area (Å²) in [5.41, 5.74) is 2.23. The van der Waals surface area contributed by atoms with Gasteiger partial charge in [0.05, 0.1) is 11.7 Å². The molecule has 132 valence electrons. The molecule has 6 nitrogen and oxygen atoms in total. The minimum absolute atomic E-state index is 0.0883. The number of nitrogens with zero attached hydrogens (tertiary/aromatic N) is 3. The van der Waals surface area contributed by atoms with Gasteiger partial charge in [0.1, 0.15) is 6.54 Å². The van der Waals surface area contributed by atoms with E-state index in [1.807, 2.05) is 37.4 Å². The zero-order valence-corrected chi connectivity index (χ0v) is 15.0. The molecule has 1 amide bonds. The molecule has 2 unspecified atom stereocenters. The Morgan fingerprint density at radius 1 is 1.52 bits per heavy atom. The topological polar surface area (TPSA) is 71.8 Å². The third-order valence-corrected chi connectivity index (χ3v) is 5.55. The van der Waals surface area contributed by atoms with Crippen molar-refractivity contribution in [3.05, 3.63) is 46.7 Å². The number of aromatic nitrogens is 3. The maximum absolute atomic E-state index is 12.3. The molecule has 2 atom stereocenters. The van der Waals surface area contributed by atoms with Crippen molar-refractivity contribution in [3.63, 3.8) is 0 Å². The Morgan fingerprint density at radius 3 is 3.12 bits per heavy atom. The minimum atomic E-state index is -0.108. The van der Waals surface area contributed by atoms with Crippen LogP contribution in [-0.2, 0) is 11.3 Å². The number of amides is 1. The zero-order chi connectivity index (χ0) is 17.4. The van der Waals surface area contributed by atoms with E-state index in [9.17, 15) is 4.79 Å². The van der Waals surface area contributed by atoms with Crippen molar-refractivity contribution in [3.8, 4) is 0 Å². The van der Waals surface area contributed by atoms with E-state index < -0.39 is 0 Å². The summed E-state index contributed by atoms with van der Waals surface area (Å²) < 4.78 is 1.63. The van der Waals surface area contributed by atoms with Gasteiger partial charge >= 0.3 is 0 Å². The van der Waals surface area contributed by atoms with Gasteiger partial charge in [0.15, 0.2) is 0 Å². The molecule has 1 aromatic carbocycles. The van der Waals surface area contributed by atoms with E-state index in [4.69, 9.17) is 11.6 Å². The van der Waals surface area contributed by atoms with Crippen molar-refractivity contribution < 1.29 is 4.79 Å². The minimum Gasteiger partial charge on any atom is -0.348 e. The number of carbonyl (C=O) groups is 1. The van der Waals surface area contributed by atoms with Crippen molar-refractivity contribution in [1.29, 1.82) is 0 Å². The van der Waals surface area contributed by atoms with Crippen LogP contribution in [0.1, 0.15) is 49.4 Å². The molecule has 1 saturated carbocycles. The average Bonchev–Trinajstić information content (AvgIpc) is 3.00. The molecule has 1 aromatic heterocycles. The first-order valence-electron chi connectivity index (χ1n) is 8.76. The summed E-state index contributed by atoms with van der Waals surface area (Å²) in [6.07, 6.45) is 5.43. The van der Waals surface area contributed by atoms with Crippen LogP contribution in [0.3, 0.4) is 0 Å². The predicted octanol–water partition coefficient (Wildman–Crippen LogP) is 2.42. The second kappa shape index (κ2) is 6.42. The van der Waals surface area contributed by atoms with E-state index in [-0.39, 0.29) is 24.0 Å². The van der Waals surface area contributed by atoms with Gasteiger partial charge in [0, 0.05) is 22.7 Å². The normalized spacial score (nSPS) is 22.1. The van der Waals surface area contributed by atoms with E-state index in [2.05, 4.69) is 20.9 Å². The van der Waals surface area contributed by atoms with Gasteiger partial charge in [-0.15, -0.1) is 5.10 Å². The Bertz CT molecular complexity index is 785. The quantitative estimate of drug-likeness (QED) is 0.860.